The van der Waals surface area contributed by atoms with Crippen molar-refractivity contribution >= 4 is 28.9 Å². The van der Waals surface area contributed by atoms with Gasteiger partial charge in [-0.2, -0.15) is 0 Å². The summed E-state index contributed by atoms with van der Waals surface area (Å²) in [6, 6.07) is 9.34. The van der Waals surface area contributed by atoms with E-state index in [0.717, 1.165) is 34.9 Å². The Balaban J connectivity index is 1.94. The number of thiophene rings is 1. The summed E-state index contributed by atoms with van der Waals surface area (Å²) in [5.74, 6) is 2.27. The Labute approximate surface area is 169 Å². The van der Waals surface area contributed by atoms with E-state index in [1.54, 1.807) is 20.3 Å². The standard InChI is InChI=1S/C19H26ClN3O3S/c1-4-21-19(23-12-15(24)17-7-8-18(20)27-17)22-10-9-13-11-14(25-2)5-6-16(13)26-3/h5-8,11,15,24H,4,9-10,12H2,1-3H3,(H2,21,22,23). The van der Waals surface area contributed by atoms with Crippen LogP contribution in [0.1, 0.15) is 23.5 Å². The van der Waals surface area contributed by atoms with Crippen molar-refractivity contribution in [1.29, 1.82) is 0 Å². The first-order valence-electron chi connectivity index (χ1n) is 8.73. The van der Waals surface area contributed by atoms with Crippen LogP contribution >= 0.6 is 22.9 Å². The van der Waals surface area contributed by atoms with Gasteiger partial charge in [0.25, 0.3) is 0 Å². The molecule has 0 spiro atoms. The lowest BCUT2D eigenvalue weighted by atomic mass is 10.1. The van der Waals surface area contributed by atoms with E-state index in [1.165, 1.54) is 11.3 Å². The summed E-state index contributed by atoms with van der Waals surface area (Å²) in [6.07, 6.45) is 0.0740. The van der Waals surface area contributed by atoms with Crippen molar-refractivity contribution in [3.05, 3.63) is 45.1 Å². The molecule has 0 aliphatic rings. The summed E-state index contributed by atoms with van der Waals surface area (Å²) in [4.78, 5) is 5.26. The zero-order valence-electron chi connectivity index (χ0n) is 15.8. The van der Waals surface area contributed by atoms with Gasteiger partial charge in [0.05, 0.1) is 25.1 Å². The summed E-state index contributed by atoms with van der Waals surface area (Å²) in [7, 11) is 3.30. The van der Waals surface area contributed by atoms with Crippen LogP contribution in [0.4, 0.5) is 0 Å². The first kappa shape index (κ1) is 21.3. The number of hydrogen-bond donors (Lipinski definition) is 3. The number of methoxy groups -OCH3 is 2. The highest BCUT2D eigenvalue weighted by molar-refractivity contribution is 7.16. The molecule has 0 radical (unpaired) electrons. The largest absolute Gasteiger partial charge is 0.497 e. The lowest BCUT2D eigenvalue weighted by Gasteiger charge is -2.14. The fourth-order valence-corrected chi connectivity index (χ4v) is 3.55. The van der Waals surface area contributed by atoms with Crippen LogP contribution in [-0.2, 0) is 6.42 Å². The molecule has 0 amide bonds. The molecule has 8 heteroatoms. The van der Waals surface area contributed by atoms with Crippen LogP contribution in [0.3, 0.4) is 0 Å². The second-order valence-corrected chi connectivity index (χ2v) is 7.48. The molecule has 27 heavy (non-hydrogen) atoms. The molecule has 1 atom stereocenters. The van der Waals surface area contributed by atoms with Crippen LogP contribution in [0, 0.1) is 0 Å². The number of rotatable bonds is 9. The predicted octanol–water partition coefficient (Wildman–Crippen LogP) is 3.25. The topological polar surface area (TPSA) is 75.1 Å². The van der Waals surface area contributed by atoms with Crippen molar-refractivity contribution < 1.29 is 14.6 Å². The van der Waals surface area contributed by atoms with E-state index in [4.69, 9.17) is 21.1 Å². The molecular formula is C19H26ClN3O3S. The molecule has 2 rings (SSSR count). The van der Waals surface area contributed by atoms with E-state index >= 15 is 0 Å². The quantitative estimate of drug-likeness (QED) is 0.436. The fourth-order valence-electron chi connectivity index (χ4n) is 2.51. The monoisotopic (exact) mass is 411 g/mol. The number of ether oxygens (including phenoxy) is 2. The molecule has 0 bridgehead atoms. The number of aliphatic hydroxyl groups is 1. The molecule has 1 aromatic heterocycles. The first-order valence-corrected chi connectivity index (χ1v) is 9.93. The lowest BCUT2D eigenvalue weighted by molar-refractivity contribution is 0.191. The second-order valence-electron chi connectivity index (χ2n) is 5.73. The van der Waals surface area contributed by atoms with Gasteiger partial charge in [-0.25, -0.2) is 0 Å². The zero-order chi connectivity index (χ0) is 19.6. The van der Waals surface area contributed by atoms with Gasteiger partial charge in [0.1, 0.15) is 17.6 Å². The molecule has 3 N–H and O–H groups in total. The molecule has 2 aromatic rings. The third-order valence-corrected chi connectivity index (χ3v) is 5.20. The van der Waals surface area contributed by atoms with Crippen LogP contribution in [0.15, 0.2) is 35.3 Å². The van der Waals surface area contributed by atoms with Gasteiger partial charge in [-0.3, -0.25) is 4.99 Å². The van der Waals surface area contributed by atoms with Crippen LogP contribution in [0.25, 0.3) is 0 Å². The van der Waals surface area contributed by atoms with Crippen molar-refractivity contribution in [2.24, 2.45) is 4.99 Å². The summed E-state index contributed by atoms with van der Waals surface area (Å²) >= 11 is 7.28. The minimum absolute atomic E-state index is 0.259. The lowest BCUT2D eigenvalue weighted by Crippen LogP contribution is -2.38. The normalized spacial score (nSPS) is 12.6. The molecular weight excluding hydrogens is 386 g/mol. The Morgan fingerprint density at radius 1 is 1.22 bits per heavy atom. The number of hydrogen-bond acceptors (Lipinski definition) is 5. The van der Waals surface area contributed by atoms with Crippen molar-refractivity contribution in [3.63, 3.8) is 0 Å². The second kappa shape index (κ2) is 11.0. The fraction of sp³-hybridized carbons (Fsp3) is 0.421. The van der Waals surface area contributed by atoms with Gasteiger partial charge in [0, 0.05) is 18.0 Å². The van der Waals surface area contributed by atoms with Crippen LogP contribution in [0.5, 0.6) is 11.5 Å². The molecule has 0 saturated carbocycles. The maximum Gasteiger partial charge on any atom is 0.191 e. The SMILES string of the molecule is CCNC(=NCC(O)c1ccc(Cl)s1)NCCc1cc(OC)ccc1OC. The van der Waals surface area contributed by atoms with Gasteiger partial charge in [0.2, 0.25) is 0 Å². The summed E-state index contributed by atoms with van der Waals surface area (Å²) in [5, 5.41) is 16.7. The maximum atomic E-state index is 10.2. The van der Waals surface area contributed by atoms with Crippen molar-refractivity contribution in [2.75, 3.05) is 33.9 Å². The highest BCUT2D eigenvalue weighted by atomic mass is 35.5. The Morgan fingerprint density at radius 3 is 2.67 bits per heavy atom. The number of aliphatic hydroxyl groups excluding tert-OH is 1. The zero-order valence-corrected chi connectivity index (χ0v) is 17.4. The molecule has 6 nitrogen and oxygen atoms in total. The Bertz CT molecular complexity index is 752. The third-order valence-electron chi connectivity index (χ3n) is 3.86. The minimum Gasteiger partial charge on any atom is -0.497 e. The molecule has 0 saturated heterocycles. The summed E-state index contributed by atoms with van der Waals surface area (Å²) in [5.41, 5.74) is 1.05. The Morgan fingerprint density at radius 2 is 2.04 bits per heavy atom. The molecule has 0 fully saturated rings. The number of nitrogens with zero attached hydrogens (tertiary/aromatic N) is 1. The van der Waals surface area contributed by atoms with Gasteiger partial charge in [-0.05, 0) is 49.2 Å². The third kappa shape index (κ3) is 6.61. The van der Waals surface area contributed by atoms with E-state index in [9.17, 15) is 5.11 Å². The molecule has 0 aliphatic carbocycles. The Hall–Kier alpha value is -1.96. The Kier molecular flexibility index (Phi) is 8.71. The number of aliphatic imine (C=N–C) groups is 1. The number of guanidine groups is 1. The number of halogens is 1. The van der Waals surface area contributed by atoms with E-state index in [-0.39, 0.29) is 6.54 Å². The van der Waals surface area contributed by atoms with Gasteiger partial charge in [-0.1, -0.05) is 11.6 Å². The molecule has 1 heterocycles. The van der Waals surface area contributed by atoms with Gasteiger partial charge < -0.3 is 25.2 Å². The smallest absolute Gasteiger partial charge is 0.191 e. The summed E-state index contributed by atoms with van der Waals surface area (Å²) < 4.78 is 11.3. The van der Waals surface area contributed by atoms with Crippen LogP contribution in [-0.4, -0.2) is 44.9 Å². The average molecular weight is 412 g/mol. The average Bonchev–Trinajstić information content (AvgIpc) is 3.12. The van der Waals surface area contributed by atoms with Crippen molar-refractivity contribution in [2.45, 2.75) is 19.4 Å². The van der Waals surface area contributed by atoms with Crippen molar-refractivity contribution in [3.8, 4) is 11.5 Å². The van der Waals surface area contributed by atoms with Crippen LogP contribution in [0.2, 0.25) is 4.34 Å². The molecule has 1 aromatic carbocycles. The molecule has 148 valence electrons. The minimum atomic E-state index is -0.670. The highest BCUT2D eigenvalue weighted by Gasteiger charge is 2.10. The van der Waals surface area contributed by atoms with Crippen molar-refractivity contribution in [1.82, 2.24) is 10.6 Å². The number of benzene rings is 1. The van der Waals surface area contributed by atoms with E-state index < -0.39 is 6.10 Å². The molecule has 0 aliphatic heterocycles. The van der Waals surface area contributed by atoms with Gasteiger partial charge in [0.15, 0.2) is 5.96 Å². The van der Waals surface area contributed by atoms with Crippen LogP contribution < -0.4 is 20.1 Å². The first-order chi connectivity index (χ1) is 13.1. The van der Waals surface area contributed by atoms with E-state index in [1.807, 2.05) is 31.2 Å². The highest BCUT2D eigenvalue weighted by Crippen LogP contribution is 2.27. The van der Waals surface area contributed by atoms with E-state index in [2.05, 4.69) is 15.6 Å². The van der Waals surface area contributed by atoms with Gasteiger partial charge >= 0.3 is 0 Å². The van der Waals surface area contributed by atoms with Gasteiger partial charge in [-0.15, -0.1) is 11.3 Å². The van der Waals surface area contributed by atoms with E-state index in [0.29, 0.717) is 16.8 Å². The number of nitrogens with one attached hydrogen (secondary N) is 2. The predicted molar refractivity (Wildman–Crippen MR) is 112 cm³/mol. The maximum absolute atomic E-state index is 10.2. The summed E-state index contributed by atoms with van der Waals surface area (Å²) in [6.45, 7) is 3.65. The molecule has 1 unspecified atom stereocenters.